The fraction of sp³-hybridized carbons (Fsp3) is 0.538. The van der Waals surface area contributed by atoms with Crippen LogP contribution < -0.4 is 0 Å². The van der Waals surface area contributed by atoms with Gasteiger partial charge >= 0.3 is 0 Å². The second-order valence-electron chi connectivity index (χ2n) is 4.33. The van der Waals surface area contributed by atoms with Crippen molar-refractivity contribution < 1.29 is 9.59 Å². The fourth-order valence-corrected chi connectivity index (χ4v) is 1.98. The van der Waals surface area contributed by atoms with Crippen molar-refractivity contribution in [2.45, 2.75) is 38.5 Å². The molecule has 86 valence electrons. The summed E-state index contributed by atoms with van der Waals surface area (Å²) in [6.45, 7) is 0.795. The van der Waals surface area contributed by atoms with Crippen LogP contribution in [0.4, 0.5) is 0 Å². The topological polar surface area (TPSA) is 37.4 Å². The highest BCUT2D eigenvalue weighted by Gasteiger charge is 2.26. The van der Waals surface area contributed by atoms with Gasteiger partial charge in [-0.2, -0.15) is 0 Å². The van der Waals surface area contributed by atoms with E-state index in [0.29, 0.717) is 6.42 Å². The number of nitrogens with zero attached hydrogens (tertiary/aromatic N) is 1. The number of aldehydes is 1. The Morgan fingerprint density at radius 1 is 1.19 bits per heavy atom. The van der Waals surface area contributed by atoms with Crippen molar-refractivity contribution in [3.05, 3.63) is 23.4 Å². The van der Waals surface area contributed by atoms with Crippen LogP contribution >= 0.6 is 0 Å². The summed E-state index contributed by atoms with van der Waals surface area (Å²) in [5.41, 5.74) is 2.55. The largest absolute Gasteiger partial charge is 0.309 e. The van der Waals surface area contributed by atoms with Crippen molar-refractivity contribution >= 4 is 12.2 Å². The van der Waals surface area contributed by atoms with Gasteiger partial charge in [-0.05, 0) is 37.3 Å². The number of allylic oxidation sites excluding steroid dienone is 2. The predicted molar refractivity (Wildman–Crippen MR) is 61.6 cm³/mol. The third-order valence-electron chi connectivity index (χ3n) is 3.01. The number of carbonyl (C=O) groups is 2. The molecule has 3 heteroatoms. The summed E-state index contributed by atoms with van der Waals surface area (Å²) in [7, 11) is 0. The van der Waals surface area contributed by atoms with Crippen LogP contribution in [0.15, 0.2) is 23.4 Å². The molecule has 2 aliphatic rings. The number of rotatable bonds is 6. The van der Waals surface area contributed by atoms with E-state index >= 15 is 0 Å². The molecule has 0 radical (unpaired) electrons. The molecule has 0 bridgehead atoms. The fourth-order valence-electron chi connectivity index (χ4n) is 1.98. The van der Waals surface area contributed by atoms with Crippen molar-refractivity contribution in [3.63, 3.8) is 0 Å². The molecule has 1 saturated carbocycles. The van der Waals surface area contributed by atoms with E-state index < -0.39 is 0 Å². The number of hydrogen-bond acceptors (Lipinski definition) is 2. The van der Waals surface area contributed by atoms with E-state index in [1.54, 1.807) is 6.08 Å². The molecule has 0 unspecified atom stereocenters. The first-order valence-corrected chi connectivity index (χ1v) is 5.98. The predicted octanol–water partition coefficient (Wildman–Crippen LogP) is 2.19. The smallest absolute Gasteiger partial charge is 0.251 e. The highest BCUT2D eigenvalue weighted by Crippen LogP contribution is 2.35. The zero-order valence-corrected chi connectivity index (χ0v) is 9.45. The Balaban J connectivity index is 1.78. The van der Waals surface area contributed by atoms with Gasteiger partial charge in [0.25, 0.3) is 5.91 Å². The Morgan fingerprint density at radius 3 is 2.69 bits per heavy atom. The third kappa shape index (κ3) is 2.60. The van der Waals surface area contributed by atoms with Gasteiger partial charge in [0.2, 0.25) is 0 Å². The van der Waals surface area contributed by atoms with Crippen molar-refractivity contribution in [2.24, 2.45) is 0 Å². The summed E-state index contributed by atoms with van der Waals surface area (Å²) < 4.78 is 0. The molecule has 1 aliphatic carbocycles. The lowest BCUT2D eigenvalue weighted by Gasteiger charge is -2.17. The molecule has 0 aromatic carbocycles. The lowest BCUT2D eigenvalue weighted by Crippen LogP contribution is -2.25. The molecule has 3 nitrogen and oxygen atoms in total. The summed E-state index contributed by atoms with van der Waals surface area (Å²) in [6, 6.07) is 0. The second kappa shape index (κ2) is 5.10. The SMILES string of the molecule is O=CCCCCCN1C(=O)C=CC1=C1CC1. The van der Waals surface area contributed by atoms with Crippen LogP contribution in [0.25, 0.3) is 0 Å². The van der Waals surface area contributed by atoms with Crippen LogP contribution in [-0.2, 0) is 9.59 Å². The van der Waals surface area contributed by atoms with Crippen LogP contribution in [0.2, 0.25) is 0 Å². The van der Waals surface area contributed by atoms with E-state index in [2.05, 4.69) is 0 Å². The maximum atomic E-state index is 11.6. The van der Waals surface area contributed by atoms with Gasteiger partial charge in [-0.1, -0.05) is 6.42 Å². The average molecular weight is 219 g/mol. The standard InChI is InChI=1S/C13H17NO2/c15-10-4-2-1-3-9-14-12(11-5-6-11)7-8-13(14)16/h7-8,10H,1-6,9H2. The minimum absolute atomic E-state index is 0.116. The molecular weight excluding hydrogens is 202 g/mol. The minimum Gasteiger partial charge on any atom is -0.309 e. The van der Waals surface area contributed by atoms with Crippen LogP contribution in [-0.4, -0.2) is 23.6 Å². The Bertz CT molecular complexity index is 349. The first-order chi connectivity index (χ1) is 7.83. The molecule has 0 N–H and O–H groups in total. The number of amides is 1. The summed E-state index contributed by atoms with van der Waals surface area (Å²) >= 11 is 0. The molecule has 2 rings (SSSR count). The molecule has 1 aliphatic heterocycles. The maximum Gasteiger partial charge on any atom is 0.251 e. The first kappa shape index (κ1) is 11.1. The summed E-state index contributed by atoms with van der Waals surface area (Å²) in [5.74, 6) is 0.116. The summed E-state index contributed by atoms with van der Waals surface area (Å²) in [5, 5.41) is 0. The van der Waals surface area contributed by atoms with E-state index in [1.165, 1.54) is 5.57 Å². The lowest BCUT2D eigenvalue weighted by atomic mass is 10.2. The van der Waals surface area contributed by atoms with Crippen molar-refractivity contribution in [1.29, 1.82) is 0 Å². The van der Waals surface area contributed by atoms with E-state index in [4.69, 9.17) is 0 Å². The van der Waals surface area contributed by atoms with Gasteiger partial charge < -0.3 is 9.69 Å². The Labute approximate surface area is 95.8 Å². The lowest BCUT2D eigenvalue weighted by molar-refractivity contribution is -0.123. The molecule has 1 fully saturated rings. The molecule has 0 saturated heterocycles. The molecule has 16 heavy (non-hydrogen) atoms. The monoisotopic (exact) mass is 219 g/mol. The van der Waals surface area contributed by atoms with Crippen LogP contribution in [0.1, 0.15) is 38.5 Å². The molecule has 0 spiro atoms. The van der Waals surface area contributed by atoms with Gasteiger partial charge in [0, 0.05) is 24.7 Å². The average Bonchev–Trinajstić information content (AvgIpc) is 3.05. The highest BCUT2D eigenvalue weighted by atomic mass is 16.2. The van der Waals surface area contributed by atoms with Crippen molar-refractivity contribution in [1.82, 2.24) is 4.90 Å². The molecular formula is C13H17NO2. The van der Waals surface area contributed by atoms with Gasteiger partial charge in [-0.25, -0.2) is 0 Å². The molecule has 0 atom stereocenters. The molecule has 0 aromatic heterocycles. The van der Waals surface area contributed by atoms with E-state index in [-0.39, 0.29) is 5.91 Å². The van der Waals surface area contributed by atoms with Gasteiger partial charge in [0.15, 0.2) is 0 Å². The van der Waals surface area contributed by atoms with E-state index in [0.717, 1.165) is 50.6 Å². The summed E-state index contributed by atoms with van der Waals surface area (Å²) in [6.07, 6.45) is 10.4. The maximum absolute atomic E-state index is 11.6. The Kier molecular flexibility index (Phi) is 3.54. The second-order valence-corrected chi connectivity index (χ2v) is 4.33. The van der Waals surface area contributed by atoms with Crippen molar-refractivity contribution in [2.75, 3.05) is 6.54 Å². The molecule has 0 aromatic rings. The number of unbranched alkanes of at least 4 members (excludes halogenated alkanes) is 3. The first-order valence-electron chi connectivity index (χ1n) is 5.98. The van der Waals surface area contributed by atoms with Crippen LogP contribution in [0.3, 0.4) is 0 Å². The Morgan fingerprint density at radius 2 is 2.00 bits per heavy atom. The van der Waals surface area contributed by atoms with Crippen LogP contribution in [0, 0.1) is 0 Å². The van der Waals surface area contributed by atoms with Gasteiger partial charge in [0.1, 0.15) is 6.29 Å². The molecule has 1 amide bonds. The van der Waals surface area contributed by atoms with E-state index in [9.17, 15) is 9.59 Å². The van der Waals surface area contributed by atoms with Gasteiger partial charge in [-0.3, -0.25) is 4.79 Å². The van der Waals surface area contributed by atoms with Crippen LogP contribution in [0.5, 0.6) is 0 Å². The van der Waals surface area contributed by atoms with Gasteiger partial charge in [-0.15, -0.1) is 0 Å². The Hall–Kier alpha value is -1.38. The minimum atomic E-state index is 0.116. The highest BCUT2D eigenvalue weighted by molar-refractivity contribution is 5.93. The normalized spacial score (nSPS) is 18.5. The van der Waals surface area contributed by atoms with Crippen molar-refractivity contribution in [3.8, 4) is 0 Å². The zero-order valence-electron chi connectivity index (χ0n) is 9.45. The van der Waals surface area contributed by atoms with Gasteiger partial charge in [0.05, 0.1) is 0 Å². The molecule has 1 heterocycles. The number of hydrogen-bond donors (Lipinski definition) is 0. The zero-order chi connectivity index (χ0) is 11.4. The summed E-state index contributed by atoms with van der Waals surface area (Å²) in [4.78, 5) is 23.6. The quantitative estimate of drug-likeness (QED) is 0.507. The number of carbonyl (C=O) groups excluding carboxylic acids is 2. The van der Waals surface area contributed by atoms with E-state index in [1.807, 2.05) is 11.0 Å². The third-order valence-corrected chi connectivity index (χ3v) is 3.01.